The molecule has 0 atom stereocenters. The Labute approximate surface area is 257 Å². The molecular weight excluding hydrogens is 548 g/mol. The first-order valence-corrected chi connectivity index (χ1v) is 14.9. The Morgan fingerprint density at radius 2 is 1.50 bits per heavy atom. The van der Waals surface area contributed by atoms with Crippen LogP contribution in [0.3, 0.4) is 0 Å². The van der Waals surface area contributed by atoms with Crippen LogP contribution in [-0.4, -0.2) is 22.6 Å². The molecule has 0 radical (unpaired) electrons. The molecular formula is C37H36N4O3. The van der Waals surface area contributed by atoms with Crippen LogP contribution >= 0.6 is 0 Å². The number of rotatable bonds is 8. The maximum atomic E-state index is 13.6. The molecule has 0 bridgehead atoms. The molecule has 1 aliphatic carbocycles. The number of benzene rings is 4. The fraction of sp³-hybridized carbons (Fsp3) is 0.216. The summed E-state index contributed by atoms with van der Waals surface area (Å²) in [6.45, 7) is 6.14. The number of hydrogen-bond acceptors (Lipinski definition) is 5. The number of nitrogens with one attached hydrogen (secondary N) is 3. The number of anilines is 3. The van der Waals surface area contributed by atoms with Crippen LogP contribution < -0.4 is 16.0 Å². The van der Waals surface area contributed by atoms with E-state index in [4.69, 9.17) is 9.72 Å². The Bertz CT molecular complexity index is 1810. The zero-order chi connectivity index (χ0) is 30.7. The summed E-state index contributed by atoms with van der Waals surface area (Å²) in [4.78, 5) is 31.1. The molecule has 1 heterocycles. The van der Waals surface area contributed by atoms with Crippen LogP contribution in [0.1, 0.15) is 61.0 Å². The van der Waals surface area contributed by atoms with Crippen molar-refractivity contribution >= 4 is 40.0 Å². The van der Waals surface area contributed by atoms with Crippen molar-refractivity contribution in [1.29, 1.82) is 0 Å². The molecule has 3 N–H and O–H groups in total. The van der Waals surface area contributed by atoms with E-state index in [1.807, 2.05) is 72.8 Å². The molecule has 7 heteroatoms. The maximum absolute atomic E-state index is 13.6. The Hall–Kier alpha value is -5.17. The van der Waals surface area contributed by atoms with E-state index >= 15 is 0 Å². The van der Waals surface area contributed by atoms with Crippen molar-refractivity contribution in [3.63, 3.8) is 0 Å². The van der Waals surface area contributed by atoms with Crippen LogP contribution in [0, 0.1) is 0 Å². The van der Waals surface area contributed by atoms with Crippen molar-refractivity contribution in [2.24, 2.45) is 0 Å². The predicted octanol–water partition coefficient (Wildman–Crippen LogP) is 8.99. The minimum Gasteiger partial charge on any atom is -0.444 e. The molecule has 0 saturated heterocycles. The number of amides is 2. The van der Waals surface area contributed by atoms with E-state index in [-0.39, 0.29) is 5.91 Å². The molecule has 0 aliphatic heterocycles. The van der Waals surface area contributed by atoms with Gasteiger partial charge in [-0.2, -0.15) is 0 Å². The molecule has 1 aromatic heterocycles. The van der Waals surface area contributed by atoms with Gasteiger partial charge in [-0.3, -0.25) is 15.1 Å². The Balaban J connectivity index is 1.28. The van der Waals surface area contributed by atoms with Gasteiger partial charge in [-0.1, -0.05) is 72.8 Å². The van der Waals surface area contributed by atoms with Gasteiger partial charge in [-0.15, -0.1) is 0 Å². The monoisotopic (exact) mass is 584 g/mol. The fourth-order valence-corrected chi connectivity index (χ4v) is 5.26. The number of nitrogens with zero attached hydrogens (tertiary/aromatic N) is 1. The molecule has 1 aliphatic rings. The Kier molecular flexibility index (Phi) is 8.03. The van der Waals surface area contributed by atoms with E-state index in [2.05, 4.69) is 34.1 Å². The van der Waals surface area contributed by atoms with E-state index in [1.54, 1.807) is 33.0 Å². The highest BCUT2D eigenvalue weighted by Crippen LogP contribution is 2.46. The second kappa shape index (κ2) is 12.2. The smallest absolute Gasteiger partial charge is 0.412 e. The highest BCUT2D eigenvalue weighted by molar-refractivity contribution is 6.09. The SMILES string of the molecule is CC(C)(C)OC(=O)Nc1ccc(-c2ccccc2)cc1NC(=O)c1cnc2c(C3CC3)c(NCc3ccccc3)ccc2c1. The molecule has 5 aromatic rings. The Morgan fingerprint density at radius 1 is 0.795 bits per heavy atom. The number of fused-ring (bicyclic) bond motifs is 1. The van der Waals surface area contributed by atoms with Gasteiger partial charge in [0, 0.05) is 29.4 Å². The summed E-state index contributed by atoms with van der Waals surface area (Å²) in [6, 6.07) is 31.7. The van der Waals surface area contributed by atoms with E-state index < -0.39 is 11.7 Å². The van der Waals surface area contributed by atoms with Crippen molar-refractivity contribution < 1.29 is 14.3 Å². The van der Waals surface area contributed by atoms with Crippen LogP contribution in [0.25, 0.3) is 22.0 Å². The average Bonchev–Trinajstić information content (AvgIpc) is 3.85. The van der Waals surface area contributed by atoms with E-state index in [0.717, 1.165) is 47.1 Å². The van der Waals surface area contributed by atoms with Crippen LogP contribution in [0.5, 0.6) is 0 Å². The highest BCUT2D eigenvalue weighted by Gasteiger charge is 2.29. The largest absolute Gasteiger partial charge is 0.444 e. The fourth-order valence-electron chi connectivity index (χ4n) is 5.26. The summed E-state index contributed by atoms with van der Waals surface area (Å²) in [6.07, 6.45) is 3.30. The summed E-state index contributed by atoms with van der Waals surface area (Å²) in [7, 11) is 0. The topological polar surface area (TPSA) is 92.4 Å². The van der Waals surface area contributed by atoms with Crippen LogP contribution in [0.4, 0.5) is 21.9 Å². The normalized spacial score (nSPS) is 12.9. The van der Waals surface area contributed by atoms with Gasteiger partial charge in [0.2, 0.25) is 0 Å². The number of hydrogen-bond donors (Lipinski definition) is 3. The van der Waals surface area contributed by atoms with Gasteiger partial charge in [0.15, 0.2) is 0 Å². The average molecular weight is 585 g/mol. The third kappa shape index (κ3) is 6.89. The van der Waals surface area contributed by atoms with E-state index in [1.165, 1.54) is 11.1 Å². The number of pyridine rings is 1. The van der Waals surface area contributed by atoms with Crippen molar-refractivity contribution in [3.8, 4) is 11.1 Å². The summed E-state index contributed by atoms with van der Waals surface area (Å²) in [5, 5.41) is 10.3. The third-order valence-electron chi connectivity index (χ3n) is 7.48. The third-order valence-corrected chi connectivity index (χ3v) is 7.48. The van der Waals surface area contributed by atoms with Crippen LogP contribution in [-0.2, 0) is 11.3 Å². The molecule has 2 amide bonds. The molecule has 222 valence electrons. The molecule has 4 aromatic carbocycles. The lowest BCUT2D eigenvalue weighted by atomic mass is 10.0. The quantitative estimate of drug-likeness (QED) is 0.169. The Morgan fingerprint density at radius 3 is 2.20 bits per heavy atom. The van der Waals surface area contributed by atoms with Crippen LogP contribution in [0.2, 0.25) is 0 Å². The molecule has 1 fully saturated rings. The van der Waals surface area contributed by atoms with E-state index in [0.29, 0.717) is 22.9 Å². The van der Waals surface area contributed by atoms with Crippen molar-refractivity contribution in [3.05, 3.63) is 120 Å². The van der Waals surface area contributed by atoms with Crippen LogP contribution in [0.15, 0.2) is 103 Å². The minimum atomic E-state index is -0.662. The van der Waals surface area contributed by atoms with Gasteiger partial charge in [0.05, 0.1) is 22.5 Å². The molecule has 1 saturated carbocycles. The highest BCUT2D eigenvalue weighted by atomic mass is 16.6. The molecule has 6 rings (SSSR count). The van der Waals surface area contributed by atoms with Crippen molar-refractivity contribution in [1.82, 2.24) is 4.98 Å². The molecule has 44 heavy (non-hydrogen) atoms. The van der Waals surface area contributed by atoms with Gasteiger partial charge in [-0.25, -0.2) is 4.79 Å². The van der Waals surface area contributed by atoms with Gasteiger partial charge < -0.3 is 15.4 Å². The zero-order valence-electron chi connectivity index (χ0n) is 25.2. The first-order valence-electron chi connectivity index (χ1n) is 14.9. The number of aromatic nitrogens is 1. The lowest BCUT2D eigenvalue weighted by Gasteiger charge is -2.21. The van der Waals surface area contributed by atoms with Gasteiger partial charge in [0.25, 0.3) is 5.91 Å². The molecule has 0 unspecified atom stereocenters. The summed E-state index contributed by atoms with van der Waals surface area (Å²) < 4.78 is 5.46. The number of ether oxygens (including phenoxy) is 1. The summed E-state index contributed by atoms with van der Waals surface area (Å²) >= 11 is 0. The second-order valence-corrected chi connectivity index (χ2v) is 12.1. The molecule has 0 spiro atoms. The second-order valence-electron chi connectivity index (χ2n) is 12.1. The zero-order valence-corrected chi connectivity index (χ0v) is 25.2. The lowest BCUT2D eigenvalue weighted by Crippen LogP contribution is -2.27. The number of carbonyl (C=O) groups is 2. The van der Waals surface area contributed by atoms with E-state index in [9.17, 15) is 9.59 Å². The predicted molar refractivity (Wildman–Crippen MR) is 177 cm³/mol. The number of carbonyl (C=O) groups excluding carboxylic acids is 2. The van der Waals surface area contributed by atoms with Crippen molar-refractivity contribution in [2.75, 3.05) is 16.0 Å². The summed E-state index contributed by atoms with van der Waals surface area (Å²) in [5.74, 6) is 0.141. The lowest BCUT2D eigenvalue weighted by molar-refractivity contribution is 0.0635. The van der Waals surface area contributed by atoms with Gasteiger partial charge >= 0.3 is 6.09 Å². The van der Waals surface area contributed by atoms with Gasteiger partial charge in [-0.05, 0) is 80.5 Å². The van der Waals surface area contributed by atoms with Crippen molar-refractivity contribution in [2.45, 2.75) is 51.7 Å². The first-order chi connectivity index (χ1) is 21.2. The maximum Gasteiger partial charge on any atom is 0.412 e. The van der Waals surface area contributed by atoms with Gasteiger partial charge in [0.1, 0.15) is 5.60 Å². The summed E-state index contributed by atoms with van der Waals surface area (Å²) in [5.41, 5.74) is 6.98. The molecule has 7 nitrogen and oxygen atoms in total. The first kappa shape index (κ1) is 28.9. The minimum absolute atomic E-state index is 0.323. The standard InChI is InChI=1S/C37H36N4O3/c1-37(2,3)44-36(43)41-30-18-16-27(25-12-8-5-9-13-25)21-32(30)40-35(42)29-20-28-17-19-31(38-22-24-10-6-4-7-11-24)33(26-14-15-26)34(28)39-23-29/h4-13,16-21,23,26,38H,14-15,22H2,1-3H3,(H,40,42)(H,41,43).